The first-order valence-electron chi connectivity index (χ1n) is 5.05. The third kappa shape index (κ3) is 2.28. The summed E-state index contributed by atoms with van der Waals surface area (Å²) in [5.41, 5.74) is 6.44. The SMILES string of the molecule is COc1ccc(-c2nccc(N)n2)cc1OC. The third-order valence-electron chi connectivity index (χ3n) is 2.32. The van der Waals surface area contributed by atoms with Crippen molar-refractivity contribution in [2.24, 2.45) is 0 Å². The molecule has 17 heavy (non-hydrogen) atoms. The molecule has 0 spiro atoms. The number of hydrogen-bond acceptors (Lipinski definition) is 5. The molecule has 0 bridgehead atoms. The Hall–Kier alpha value is -2.30. The lowest BCUT2D eigenvalue weighted by Gasteiger charge is -2.08. The summed E-state index contributed by atoms with van der Waals surface area (Å²) in [6.45, 7) is 0. The van der Waals surface area contributed by atoms with Crippen LogP contribution in [-0.4, -0.2) is 24.2 Å². The predicted octanol–water partition coefficient (Wildman–Crippen LogP) is 1.74. The van der Waals surface area contributed by atoms with Crippen molar-refractivity contribution in [3.05, 3.63) is 30.5 Å². The minimum Gasteiger partial charge on any atom is -0.493 e. The summed E-state index contributed by atoms with van der Waals surface area (Å²) in [6.07, 6.45) is 1.62. The van der Waals surface area contributed by atoms with E-state index in [1.54, 1.807) is 32.5 Å². The zero-order chi connectivity index (χ0) is 12.3. The van der Waals surface area contributed by atoms with Crippen LogP contribution in [0.4, 0.5) is 5.82 Å². The predicted molar refractivity (Wildman–Crippen MR) is 65.0 cm³/mol. The molecule has 0 aliphatic carbocycles. The average molecular weight is 231 g/mol. The van der Waals surface area contributed by atoms with Gasteiger partial charge in [0.1, 0.15) is 5.82 Å². The summed E-state index contributed by atoms with van der Waals surface area (Å²) < 4.78 is 10.4. The van der Waals surface area contributed by atoms with Gasteiger partial charge in [-0.15, -0.1) is 0 Å². The number of nitrogen functional groups attached to an aromatic ring is 1. The number of nitrogens with zero attached hydrogens (tertiary/aromatic N) is 2. The monoisotopic (exact) mass is 231 g/mol. The number of hydrogen-bond donors (Lipinski definition) is 1. The second kappa shape index (κ2) is 4.69. The first-order valence-corrected chi connectivity index (χ1v) is 5.05. The van der Waals surface area contributed by atoms with Gasteiger partial charge in [0, 0.05) is 11.8 Å². The fraction of sp³-hybridized carbons (Fsp3) is 0.167. The lowest BCUT2D eigenvalue weighted by molar-refractivity contribution is 0.355. The highest BCUT2D eigenvalue weighted by atomic mass is 16.5. The molecule has 88 valence electrons. The summed E-state index contributed by atoms with van der Waals surface area (Å²) in [4.78, 5) is 8.30. The molecule has 0 saturated heterocycles. The van der Waals surface area contributed by atoms with E-state index in [-0.39, 0.29) is 0 Å². The molecule has 1 aromatic carbocycles. The Balaban J connectivity index is 2.46. The van der Waals surface area contributed by atoms with Gasteiger partial charge in [-0.1, -0.05) is 0 Å². The van der Waals surface area contributed by atoms with Crippen LogP contribution in [-0.2, 0) is 0 Å². The number of rotatable bonds is 3. The molecule has 0 radical (unpaired) electrons. The molecule has 0 unspecified atom stereocenters. The highest BCUT2D eigenvalue weighted by Gasteiger charge is 2.07. The Morgan fingerprint density at radius 1 is 1.06 bits per heavy atom. The molecule has 0 fully saturated rings. The van der Waals surface area contributed by atoms with E-state index in [0.717, 1.165) is 5.56 Å². The second-order valence-corrected chi connectivity index (χ2v) is 3.37. The van der Waals surface area contributed by atoms with Crippen LogP contribution in [0.15, 0.2) is 30.5 Å². The molecule has 1 aromatic heterocycles. The van der Waals surface area contributed by atoms with Gasteiger partial charge in [0.15, 0.2) is 17.3 Å². The van der Waals surface area contributed by atoms with Crippen molar-refractivity contribution in [1.82, 2.24) is 9.97 Å². The molecule has 0 aliphatic heterocycles. The van der Waals surface area contributed by atoms with Gasteiger partial charge in [-0.2, -0.15) is 0 Å². The number of aromatic nitrogens is 2. The van der Waals surface area contributed by atoms with E-state index in [4.69, 9.17) is 15.2 Å². The van der Waals surface area contributed by atoms with Crippen molar-refractivity contribution in [2.45, 2.75) is 0 Å². The van der Waals surface area contributed by atoms with E-state index in [9.17, 15) is 0 Å². The second-order valence-electron chi connectivity index (χ2n) is 3.37. The summed E-state index contributed by atoms with van der Waals surface area (Å²) in [6, 6.07) is 7.12. The zero-order valence-electron chi connectivity index (χ0n) is 9.68. The Kier molecular flexibility index (Phi) is 3.09. The smallest absolute Gasteiger partial charge is 0.161 e. The third-order valence-corrected chi connectivity index (χ3v) is 2.32. The molecule has 0 saturated carbocycles. The Morgan fingerprint density at radius 3 is 2.47 bits per heavy atom. The Morgan fingerprint density at radius 2 is 1.82 bits per heavy atom. The van der Waals surface area contributed by atoms with Crippen molar-refractivity contribution in [3.8, 4) is 22.9 Å². The maximum atomic E-state index is 5.62. The first-order chi connectivity index (χ1) is 8.24. The zero-order valence-corrected chi connectivity index (χ0v) is 9.68. The largest absolute Gasteiger partial charge is 0.493 e. The average Bonchev–Trinajstić information content (AvgIpc) is 2.38. The lowest BCUT2D eigenvalue weighted by Crippen LogP contribution is -1.96. The minimum atomic E-state index is 0.435. The number of benzene rings is 1. The quantitative estimate of drug-likeness (QED) is 0.871. The Bertz CT molecular complexity index is 529. The van der Waals surface area contributed by atoms with E-state index in [2.05, 4.69) is 9.97 Å². The normalized spacial score (nSPS) is 10.0. The van der Waals surface area contributed by atoms with E-state index in [0.29, 0.717) is 23.1 Å². The lowest BCUT2D eigenvalue weighted by atomic mass is 10.2. The van der Waals surface area contributed by atoms with Crippen LogP contribution in [0.3, 0.4) is 0 Å². The highest BCUT2D eigenvalue weighted by molar-refractivity contribution is 5.61. The van der Waals surface area contributed by atoms with E-state index >= 15 is 0 Å². The van der Waals surface area contributed by atoms with Crippen LogP contribution in [0.5, 0.6) is 11.5 Å². The van der Waals surface area contributed by atoms with Gasteiger partial charge in [0.25, 0.3) is 0 Å². The molecule has 5 heteroatoms. The van der Waals surface area contributed by atoms with Gasteiger partial charge in [-0.25, -0.2) is 9.97 Å². The van der Waals surface area contributed by atoms with E-state index < -0.39 is 0 Å². The van der Waals surface area contributed by atoms with Gasteiger partial charge < -0.3 is 15.2 Å². The molecule has 0 aliphatic rings. The Labute approximate surface area is 99.2 Å². The summed E-state index contributed by atoms with van der Waals surface area (Å²) in [7, 11) is 3.18. The van der Waals surface area contributed by atoms with Crippen LogP contribution in [0.2, 0.25) is 0 Å². The summed E-state index contributed by atoms with van der Waals surface area (Å²) >= 11 is 0. The van der Waals surface area contributed by atoms with Crippen molar-refractivity contribution < 1.29 is 9.47 Å². The highest BCUT2D eigenvalue weighted by Crippen LogP contribution is 2.30. The van der Waals surface area contributed by atoms with Crippen molar-refractivity contribution in [1.29, 1.82) is 0 Å². The summed E-state index contributed by atoms with van der Waals surface area (Å²) in [5.74, 6) is 2.30. The summed E-state index contributed by atoms with van der Waals surface area (Å²) in [5, 5.41) is 0. The number of ether oxygens (including phenoxy) is 2. The van der Waals surface area contributed by atoms with Gasteiger partial charge in [0.2, 0.25) is 0 Å². The number of methoxy groups -OCH3 is 2. The molecule has 0 amide bonds. The fourth-order valence-corrected chi connectivity index (χ4v) is 1.49. The van der Waals surface area contributed by atoms with Crippen LogP contribution >= 0.6 is 0 Å². The van der Waals surface area contributed by atoms with Crippen LogP contribution in [0.1, 0.15) is 0 Å². The van der Waals surface area contributed by atoms with Crippen LogP contribution in [0.25, 0.3) is 11.4 Å². The van der Waals surface area contributed by atoms with Crippen molar-refractivity contribution >= 4 is 5.82 Å². The minimum absolute atomic E-state index is 0.435. The van der Waals surface area contributed by atoms with Crippen LogP contribution in [0, 0.1) is 0 Å². The van der Waals surface area contributed by atoms with Gasteiger partial charge >= 0.3 is 0 Å². The fourth-order valence-electron chi connectivity index (χ4n) is 1.49. The number of nitrogens with two attached hydrogens (primary N) is 1. The standard InChI is InChI=1S/C12H13N3O2/c1-16-9-4-3-8(7-10(9)17-2)12-14-6-5-11(13)15-12/h3-7H,1-2H3,(H2,13,14,15). The molecule has 2 N–H and O–H groups in total. The molecule has 2 aromatic rings. The maximum Gasteiger partial charge on any atom is 0.161 e. The first kappa shape index (κ1) is 11.2. The van der Waals surface area contributed by atoms with Crippen LogP contribution < -0.4 is 15.2 Å². The topological polar surface area (TPSA) is 70.3 Å². The van der Waals surface area contributed by atoms with Gasteiger partial charge in [0.05, 0.1) is 14.2 Å². The van der Waals surface area contributed by atoms with Crippen molar-refractivity contribution in [2.75, 3.05) is 20.0 Å². The van der Waals surface area contributed by atoms with Crippen molar-refractivity contribution in [3.63, 3.8) is 0 Å². The molecular formula is C12H13N3O2. The molecule has 2 rings (SSSR count). The maximum absolute atomic E-state index is 5.62. The molecule has 5 nitrogen and oxygen atoms in total. The number of anilines is 1. The van der Waals surface area contributed by atoms with E-state index in [1.807, 2.05) is 12.1 Å². The van der Waals surface area contributed by atoms with Gasteiger partial charge in [-0.3, -0.25) is 0 Å². The molecule has 0 atom stereocenters. The molecular weight excluding hydrogens is 218 g/mol. The van der Waals surface area contributed by atoms with E-state index in [1.165, 1.54) is 0 Å². The molecule has 1 heterocycles. The van der Waals surface area contributed by atoms with Gasteiger partial charge in [-0.05, 0) is 24.3 Å².